The second-order valence-electron chi connectivity index (χ2n) is 3.19. The van der Waals surface area contributed by atoms with Gasteiger partial charge in [-0.25, -0.2) is 13.4 Å². The maximum Gasteiger partial charge on any atom is 0.241 e. The van der Waals surface area contributed by atoms with Gasteiger partial charge in [0.25, 0.3) is 0 Å². The standard InChI is InChI=1S/C8H11N3O3S3/c9-6(15)1-4-17(13,14)5-7(12)11-8-10-2-3-16-8/h2-3H,1,4-5H2,(H2,9,15)(H,10,11,12). The third-order valence-corrected chi connectivity index (χ3v) is 4.11. The lowest BCUT2D eigenvalue weighted by Gasteiger charge is -2.03. The molecule has 1 heterocycles. The Kier molecular flexibility index (Phi) is 4.97. The summed E-state index contributed by atoms with van der Waals surface area (Å²) >= 11 is 5.79. The number of carbonyl (C=O) groups is 1. The van der Waals surface area contributed by atoms with E-state index >= 15 is 0 Å². The molecule has 0 atom stereocenters. The fourth-order valence-corrected chi connectivity index (χ4v) is 2.89. The van der Waals surface area contributed by atoms with Crippen LogP contribution in [0, 0.1) is 0 Å². The third kappa shape index (κ3) is 5.71. The highest BCUT2D eigenvalue weighted by molar-refractivity contribution is 7.92. The minimum Gasteiger partial charge on any atom is -0.393 e. The molecule has 1 rings (SSSR count). The Morgan fingerprint density at radius 3 is 2.82 bits per heavy atom. The average molecular weight is 293 g/mol. The van der Waals surface area contributed by atoms with E-state index in [-0.39, 0.29) is 17.2 Å². The maximum atomic E-state index is 11.5. The van der Waals surface area contributed by atoms with E-state index in [0.717, 1.165) is 0 Å². The molecular weight excluding hydrogens is 282 g/mol. The maximum absolute atomic E-state index is 11.5. The summed E-state index contributed by atoms with van der Waals surface area (Å²) in [5.41, 5.74) is 5.20. The molecule has 0 aliphatic heterocycles. The lowest BCUT2D eigenvalue weighted by molar-refractivity contribution is -0.113. The molecule has 0 spiro atoms. The average Bonchev–Trinajstić information content (AvgIpc) is 2.66. The van der Waals surface area contributed by atoms with Crippen molar-refractivity contribution < 1.29 is 13.2 Å². The molecule has 0 aromatic carbocycles. The fraction of sp³-hybridized carbons (Fsp3) is 0.375. The number of nitrogens with two attached hydrogens (primary N) is 1. The van der Waals surface area contributed by atoms with Gasteiger partial charge < -0.3 is 11.1 Å². The molecule has 0 aliphatic carbocycles. The molecule has 17 heavy (non-hydrogen) atoms. The van der Waals surface area contributed by atoms with E-state index in [0.29, 0.717) is 5.13 Å². The smallest absolute Gasteiger partial charge is 0.241 e. The van der Waals surface area contributed by atoms with E-state index in [1.54, 1.807) is 5.38 Å². The molecule has 0 bridgehead atoms. The van der Waals surface area contributed by atoms with Gasteiger partial charge in [-0.15, -0.1) is 11.3 Å². The Labute approximate surface area is 108 Å². The number of sulfone groups is 1. The molecular formula is C8H11N3O3S3. The second kappa shape index (κ2) is 6.03. The van der Waals surface area contributed by atoms with Gasteiger partial charge in [0.2, 0.25) is 5.91 Å². The van der Waals surface area contributed by atoms with Crippen LogP contribution >= 0.6 is 23.6 Å². The first-order chi connectivity index (χ1) is 7.89. The number of aromatic nitrogens is 1. The Morgan fingerprint density at radius 1 is 1.59 bits per heavy atom. The molecule has 6 nitrogen and oxygen atoms in total. The van der Waals surface area contributed by atoms with Crippen molar-refractivity contribution in [3.8, 4) is 0 Å². The quantitative estimate of drug-likeness (QED) is 0.725. The van der Waals surface area contributed by atoms with E-state index in [1.807, 2.05) is 0 Å². The van der Waals surface area contributed by atoms with Crippen LogP contribution in [0.4, 0.5) is 5.13 Å². The van der Waals surface area contributed by atoms with Crippen LogP contribution in [0.15, 0.2) is 11.6 Å². The van der Waals surface area contributed by atoms with Crippen molar-refractivity contribution in [3.63, 3.8) is 0 Å². The number of hydrogen-bond acceptors (Lipinski definition) is 6. The summed E-state index contributed by atoms with van der Waals surface area (Å²) in [5.74, 6) is -1.41. The van der Waals surface area contributed by atoms with Crippen LogP contribution in [0.5, 0.6) is 0 Å². The number of thiocarbonyl (C=S) groups is 1. The molecule has 1 amide bonds. The van der Waals surface area contributed by atoms with Crippen molar-refractivity contribution in [2.24, 2.45) is 5.73 Å². The van der Waals surface area contributed by atoms with E-state index in [1.165, 1.54) is 17.5 Å². The van der Waals surface area contributed by atoms with Crippen molar-refractivity contribution >= 4 is 49.4 Å². The molecule has 9 heteroatoms. The number of nitrogens with zero attached hydrogens (tertiary/aromatic N) is 1. The van der Waals surface area contributed by atoms with Gasteiger partial charge >= 0.3 is 0 Å². The van der Waals surface area contributed by atoms with E-state index in [4.69, 9.17) is 5.73 Å². The van der Waals surface area contributed by atoms with Crippen molar-refractivity contribution in [3.05, 3.63) is 11.6 Å². The molecule has 0 unspecified atom stereocenters. The molecule has 0 fully saturated rings. The number of carbonyl (C=O) groups excluding carboxylic acids is 1. The molecule has 0 saturated heterocycles. The van der Waals surface area contributed by atoms with Crippen LogP contribution in [0.1, 0.15) is 6.42 Å². The SMILES string of the molecule is NC(=S)CCS(=O)(=O)CC(=O)Nc1nccs1. The van der Waals surface area contributed by atoms with Gasteiger partial charge in [0, 0.05) is 18.0 Å². The third-order valence-electron chi connectivity index (χ3n) is 1.69. The normalized spacial score (nSPS) is 11.1. The van der Waals surface area contributed by atoms with Gasteiger partial charge in [-0.2, -0.15) is 0 Å². The second-order valence-corrected chi connectivity index (χ2v) is 6.80. The van der Waals surface area contributed by atoms with E-state index in [2.05, 4.69) is 22.5 Å². The highest BCUT2D eigenvalue weighted by Gasteiger charge is 2.17. The minimum atomic E-state index is -3.48. The summed E-state index contributed by atoms with van der Waals surface area (Å²) in [6.45, 7) is 0. The lowest BCUT2D eigenvalue weighted by atomic mass is 10.5. The Morgan fingerprint density at radius 2 is 2.29 bits per heavy atom. The largest absolute Gasteiger partial charge is 0.393 e. The first-order valence-electron chi connectivity index (χ1n) is 4.57. The van der Waals surface area contributed by atoms with Crippen molar-refractivity contribution in [2.75, 3.05) is 16.8 Å². The monoisotopic (exact) mass is 293 g/mol. The fourth-order valence-electron chi connectivity index (χ4n) is 0.969. The number of amides is 1. The summed E-state index contributed by atoms with van der Waals surface area (Å²) in [7, 11) is -3.48. The van der Waals surface area contributed by atoms with Crippen LogP contribution in [-0.4, -0.2) is 35.8 Å². The summed E-state index contributed by atoms with van der Waals surface area (Å²) in [4.78, 5) is 15.3. The van der Waals surface area contributed by atoms with Crippen molar-refractivity contribution in [1.29, 1.82) is 0 Å². The lowest BCUT2D eigenvalue weighted by Crippen LogP contribution is -2.26. The van der Waals surface area contributed by atoms with Crippen LogP contribution in [0.25, 0.3) is 0 Å². The number of rotatable bonds is 6. The highest BCUT2D eigenvalue weighted by Crippen LogP contribution is 2.10. The van der Waals surface area contributed by atoms with Gasteiger partial charge in [-0.1, -0.05) is 12.2 Å². The predicted molar refractivity (Wildman–Crippen MR) is 70.8 cm³/mol. The summed E-state index contributed by atoms with van der Waals surface area (Å²) in [5, 5.41) is 4.44. The van der Waals surface area contributed by atoms with Gasteiger partial charge in [0.1, 0.15) is 5.75 Å². The predicted octanol–water partition coefficient (Wildman–Crippen LogP) is 0.173. The van der Waals surface area contributed by atoms with E-state index in [9.17, 15) is 13.2 Å². The van der Waals surface area contributed by atoms with Crippen molar-refractivity contribution in [2.45, 2.75) is 6.42 Å². The zero-order valence-corrected chi connectivity index (χ0v) is 11.2. The first kappa shape index (κ1) is 14.0. The zero-order valence-electron chi connectivity index (χ0n) is 8.75. The van der Waals surface area contributed by atoms with Crippen LogP contribution < -0.4 is 11.1 Å². The van der Waals surface area contributed by atoms with Crippen molar-refractivity contribution in [1.82, 2.24) is 4.98 Å². The molecule has 0 aliphatic rings. The first-order valence-corrected chi connectivity index (χ1v) is 7.68. The zero-order chi connectivity index (χ0) is 12.9. The molecule has 1 aromatic rings. The Hall–Kier alpha value is -1.06. The van der Waals surface area contributed by atoms with Gasteiger partial charge in [0.05, 0.1) is 10.7 Å². The topological polar surface area (TPSA) is 102 Å². The summed E-state index contributed by atoms with van der Waals surface area (Å²) in [6.07, 6.45) is 1.60. The summed E-state index contributed by atoms with van der Waals surface area (Å²) in [6, 6.07) is 0. The van der Waals surface area contributed by atoms with Crippen LogP contribution in [0.2, 0.25) is 0 Å². The molecule has 94 valence electrons. The summed E-state index contributed by atoms with van der Waals surface area (Å²) < 4.78 is 23.0. The number of anilines is 1. The van der Waals surface area contributed by atoms with Crippen LogP contribution in [-0.2, 0) is 14.6 Å². The van der Waals surface area contributed by atoms with Gasteiger partial charge in [-0.05, 0) is 0 Å². The molecule has 0 radical (unpaired) electrons. The molecule has 0 saturated carbocycles. The van der Waals surface area contributed by atoms with E-state index < -0.39 is 21.5 Å². The molecule has 1 aromatic heterocycles. The van der Waals surface area contributed by atoms with Crippen LogP contribution in [0.3, 0.4) is 0 Å². The number of hydrogen-bond donors (Lipinski definition) is 2. The highest BCUT2D eigenvalue weighted by atomic mass is 32.2. The van der Waals surface area contributed by atoms with Gasteiger partial charge in [0.15, 0.2) is 15.0 Å². The molecule has 3 N–H and O–H groups in total. The van der Waals surface area contributed by atoms with Gasteiger partial charge in [-0.3, -0.25) is 4.79 Å². The Balaban J connectivity index is 2.47. The number of thiazole rings is 1. The number of nitrogens with one attached hydrogen (secondary N) is 1. The Bertz CT molecular complexity index is 495. The minimum absolute atomic E-state index is 0.0855.